The van der Waals surface area contributed by atoms with Crippen LogP contribution in [0.2, 0.25) is 0 Å². The molecule has 1 aromatic heterocycles. The summed E-state index contributed by atoms with van der Waals surface area (Å²) in [5.74, 6) is 0.0127. The van der Waals surface area contributed by atoms with E-state index in [1.807, 2.05) is 36.4 Å². The third-order valence-electron chi connectivity index (χ3n) is 2.54. The molecular formula is C14H13BrN2O. The predicted molar refractivity (Wildman–Crippen MR) is 75.3 cm³/mol. The predicted octanol–water partition coefficient (Wildman–Crippen LogP) is 3.42. The summed E-state index contributed by atoms with van der Waals surface area (Å²) < 4.78 is 0.891. The van der Waals surface area contributed by atoms with Crippen LogP contribution < -0.4 is 5.32 Å². The summed E-state index contributed by atoms with van der Waals surface area (Å²) in [5, 5.41) is 2.88. The Morgan fingerprint density at radius 3 is 2.61 bits per heavy atom. The number of hydrogen-bond acceptors (Lipinski definition) is 2. The number of hydrogen-bond donors (Lipinski definition) is 1. The van der Waals surface area contributed by atoms with E-state index < -0.39 is 0 Å². The van der Waals surface area contributed by atoms with Gasteiger partial charge in [-0.1, -0.05) is 12.1 Å². The third-order valence-corrected chi connectivity index (χ3v) is 3.23. The molecule has 0 fully saturated rings. The van der Waals surface area contributed by atoms with Crippen LogP contribution in [0.25, 0.3) is 0 Å². The van der Waals surface area contributed by atoms with Gasteiger partial charge in [-0.15, -0.1) is 0 Å². The number of benzene rings is 1. The zero-order valence-corrected chi connectivity index (χ0v) is 11.4. The molecule has 3 nitrogen and oxygen atoms in total. The molecule has 1 heterocycles. The lowest BCUT2D eigenvalue weighted by atomic mass is 10.1. The number of halogens is 1. The van der Waals surface area contributed by atoms with E-state index in [4.69, 9.17) is 0 Å². The average molecular weight is 305 g/mol. The number of nitrogens with zero attached hydrogens (tertiary/aromatic N) is 1. The Hall–Kier alpha value is -1.68. The summed E-state index contributed by atoms with van der Waals surface area (Å²) >= 11 is 3.40. The molecule has 0 aliphatic rings. The second kappa shape index (κ2) is 6.31. The van der Waals surface area contributed by atoms with Gasteiger partial charge in [-0.25, -0.2) is 0 Å². The third kappa shape index (κ3) is 3.67. The highest BCUT2D eigenvalue weighted by Crippen LogP contribution is 2.21. The Kier molecular flexibility index (Phi) is 4.47. The van der Waals surface area contributed by atoms with Crippen LogP contribution >= 0.6 is 15.9 Å². The van der Waals surface area contributed by atoms with Gasteiger partial charge in [0.15, 0.2) is 0 Å². The van der Waals surface area contributed by atoms with Crippen LogP contribution in [0.5, 0.6) is 0 Å². The first-order valence-corrected chi connectivity index (χ1v) is 6.48. The Labute approximate surface area is 114 Å². The molecule has 2 rings (SSSR count). The number of carbonyl (C=O) groups excluding carboxylic acids is 1. The van der Waals surface area contributed by atoms with Crippen molar-refractivity contribution in [2.75, 3.05) is 5.32 Å². The normalized spacial score (nSPS) is 10.1. The molecule has 0 saturated heterocycles. The number of pyridine rings is 1. The summed E-state index contributed by atoms with van der Waals surface area (Å²) in [4.78, 5) is 15.7. The molecule has 0 radical (unpaired) electrons. The summed E-state index contributed by atoms with van der Waals surface area (Å²) in [6.07, 6.45) is 4.66. The highest BCUT2D eigenvalue weighted by molar-refractivity contribution is 9.10. The number of anilines is 1. The van der Waals surface area contributed by atoms with Crippen molar-refractivity contribution in [3.63, 3.8) is 0 Å². The first-order chi connectivity index (χ1) is 8.75. The van der Waals surface area contributed by atoms with Crippen molar-refractivity contribution in [3.05, 3.63) is 58.8 Å². The lowest BCUT2D eigenvalue weighted by molar-refractivity contribution is -0.116. The molecule has 2 aromatic rings. The van der Waals surface area contributed by atoms with Crippen LogP contribution in [0.4, 0.5) is 5.69 Å². The van der Waals surface area contributed by atoms with E-state index in [-0.39, 0.29) is 5.91 Å². The van der Waals surface area contributed by atoms with Crippen molar-refractivity contribution in [3.8, 4) is 0 Å². The van der Waals surface area contributed by atoms with Gasteiger partial charge < -0.3 is 5.32 Å². The van der Waals surface area contributed by atoms with Gasteiger partial charge in [0, 0.05) is 23.3 Å². The summed E-state index contributed by atoms with van der Waals surface area (Å²) in [7, 11) is 0. The van der Waals surface area contributed by atoms with Crippen LogP contribution in [-0.2, 0) is 11.2 Å². The van der Waals surface area contributed by atoms with E-state index in [0.29, 0.717) is 6.42 Å². The molecule has 4 heteroatoms. The van der Waals surface area contributed by atoms with Gasteiger partial charge in [-0.2, -0.15) is 0 Å². The highest BCUT2D eigenvalue weighted by atomic mass is 79.9. The molecule has 18 heavy (non-hydrogen) atoms. The molecule has 0 aliphatic heterocycles. The molecule has 1 aromatic carbocycles. The van der Waals surface area contributed by atoms with E-state index in [1.165, 1.54) is 0 Å². The van der Waals surface area contributed by atoms with Gasteiger partial charge in [0.05, 0.1) is 5.69 Å². The smallest absolute Gasteiger partial charge is 0.224 e. The van der Waals surface area contributed by atoms with E-state index in [9.17, 15) is 4.79 Å². The molecular weight excluding hydrogens is 292 g/mol. The first kappa shape index (κ1) is 12.8. The fraction of sp³-hybridized carbons (Fsp3) is 0.143. The summed E-state index contributed by atoms with van der Waals surface area (Å²) in [5.41, 5.74) is 1.92. The monoisotopic (exact) mass is 304 g/mol. The average Bonchev–Trinajstić information content (AvgIpc) is 2.40. The molecule has 1 N–H and O–H groups in total. The lowest BCUT2D eigenvalue weighted by Crippen LogP contribution is -2.12. The van der Waals surface area contributed by atoms with Crippen molar-refractivity contribution in [2.45, 2.75) is 12.8 Å². The highest BCUT2D eigenvalue weighted by Gasteiger charge is 2.05. The molecule has 0 unspecified atom stereocenters. The minimum absolute atomic E-state index is 0.0127. The quantitative estimate of drug-likeness (QED) is 0.940. The van der Waals surface area contributed by atoms with Crippen LogP contribution in [0.1, 0.15) is 12.0 Å². The second-order valence-corrected chi connectivity index (χ2v) is 4.74. The van der Waals surface area contributed by atoms with Gasteiger partial charge in [0.25, 0.3) is 0 Å². The van der Waals surface area contributed by atoms with Crippen molar-refractivity contribution >= 4 is 27.5 Å². The van der Waals surface area contributed by atoms with Crippen molar-refractivity contribution < 1.29 is 4.79 Å². The maximum Gasteiger partial charge on any atom is 0.224 e. The number of carbonyl (C=O) groups is 1. The van der Waals surface area contributed by atoms with Crippen LogP contribution in [0, 0.1) is 0 Å². The van der Waals surface area contributed by atoms with Gasteiger partial charge in [0.2, 0.25) is 5.91 Å². The Bertz CT molecular complexity index is 528. The van der Waals surface area contributed by atoms with Gasteiger partial charge in [-0.3, -0.25) is 9.78 Å². The standard InChI is InChI=1S/C14H13BrN2O/c15-12-3-1-2-4-13(12)17-14(18)6-5-11-7-9-16-10-8-11/h1-4,7-10H,5-6H2,(H,17,18). The fourth-order valence-electron chi connectivity index (χ4n) is 1.58. The number of rotatable bonds is 4. The lowest BCUT2D eigenvalue weighted by Gasteiger charge is -2.06. The largest absolute Gasteiger partial charge is 0.325 e. The minimum atomic E-state index is 0.0127. The zero-order valence-electron chi connectivity index (χ0n) is 9.77. The molecule has 0 spiro atoms. The number of para-hydroxylation sites is 1. The maximum absolute atomic E-state index is 11.8. The van der Waals surface area contributed by atoms with Gasteiger partial charge in [0.1, 0.15) is 0 Å². The van der Waals surface area contributed by atoms with Crippen molar-refractivity contribution in [1.82, 2.24) is 4.98 Å². The summed E-state index contributed by atoms with van der Waals surface area (Å²) in [6.45, 7) is 0. The Morgan fingerprint density at radius 2 is 1.89 bits per heavy atom. The number of aromatic nitrogens is 1. The Balaban J connectivity index is 1.88. The number of nitrogens with one attached hydrogen (secondary N) is 1. The van der Waals surface area contributed by atoms with Crippen LogP contribution in [-0.4, -0.2) is 10.9 Å². The number of amides is 1. The van der Waals surface area contributed by atoms with Crippen molar-refractivity contribution in [1.29, 1.82) is 0 Å². The van der Waals surface area contributed by atoms with Crippen LogP contribution in [0.15, 0.2) is 53.3 Å². The molecule has 0 bridgehead atoms. The second-order valence-electron chi connectivity index (χ2n) is 3.88. The zero-order chi connectivity index (χ0) is 12.8. The van der Waals surface area contributed by atoms with E-state index in [0.717, 1.165) is 22.1 Å². The number of aryl methyl sites for hydroxylation is 1. The molecule has 0 saturated carbocycles. The van der Waals surface area contributed by atoms with Gasteiger partial charge >= 0.3 is 0 Å². The first-order valence-electron chi connectivity index (χ1n) is 5.69. The fourth-order valence-corrected chi connectivity index (χ4v) is 1.97. The van der Waals surface area contributed by atoms with E-state index >= 15 is 0 Å². The van der Waals surface area contributed by atoms with Crippen molar-refractivity contribution in [2.24, 2.45) is 0 Å². The van der Waals surface area contributed by atoms with E-state index in [2.05, 4.69) is 26.2 Å². The molecule has 92 valence electrons. The molecule has 1 amide bonds. The Morgan fingerprint density at radius 1 is 1.17 bits per heavy atom. The SMILES string of the molecule is O=C(CCc1ccncc1)Nc1ccccc1Br. The topological polar surface area (TPSA) is 42.0 Å². The van der Waals surface area contributed by atoms with E-state index in [1.54, 1.807) is 12.4 Å². The van der Waals surface area contributed by atoms with Crippen LogP contribution in [0.3, 0.4) is 0 Å². The molecule has 0 aliphatic carbocycles. The summed E-state index contributed by atoms with van der Waals surface area (Å²) in [6, 6.07) is 11.4. The maximum atomic E-state index is 11.8. The minimum Gasteiger partial charge on any atom is -0.325 e. The molecule has 0 atom stereocenters. The van der Waals surface area contributed by atoms with Gasteiger partial charge in [-0.05, 0) is 52.2 Å².